The molecule has 5 heteroatoms. The Bertz CT molecular complexity index is 601. The smallest absolute Gasteiger partial charge is 0.331 e. The van der Waals surface area contributed by atoms with E-state index in [0.717, 1.165) is 24.2 Å². The summed E-state index contributed by atoms with van der Waals surface area (Å²) in [6, 6.07) is 7.50. The lowest BCUT2D eigenvalue weighted by Gasteiger charge is -2.52. The zero-order chi connectivity index (χ0) is 18.7. The third-order valence-electron chi connectivity index (χ3n) is 4.55. The van der Waals surface area contributed by atoms with Gasteiger partial charge in [-0.3, -0.25) is 0 Å². The lowest BCUT2D eigenvalue weighted by molar-refractivity contribution is -0.277. The van der Waals surface area contributed by atoms with Crippen molar-refractivity contribution in [1.82, 2.24) is 5.06 Å². The number of hydrogen-bond acceptors (Lipinski definition) is 5. The fourth-order valence-electron chi connectivity index (χ4n) is 3.83. The summed E-state index contributed by atoms with van der Waals surface area (Å²) in [5, 5.41) is 2.00. The van der Waals surface area contributed by atoms with E-state index in [-0.39, 0.29) is 23.2 Å². The molecular formula is C20H29NO4. The highest BCUT2D eigenvalue weighted by Crippen LogP contribution is 2.39. The number of carbonyl (C=O) groups excluding carboxylic acids is 1. The first-order chi connectivity index (χ1) is 11.7. The van der Waals surface area contributed by atoms with Crippen LogP contribution in [0.3, 0.4) is 0 Å². The predicted octanol–water partition coefficient (Wildman–Crippen LogP) is 3.83. The Kier molecular flexibility index (Phi) is 5.91. The second kappa shape index (κ2) is 7.58. The molecule has 1 fully saturated rings. The standard InChI is InChI=1S/C20H29NO4/c1-19(2)13-17(14-20(3,4)21(19)24-6)25-18(22)12-9-15-7-10-16(23-5)11-8-15/h7-12,17H,13-14H2,1-6H3/b12-9+. The maximum atomic E-state index is 12.2. The highest BCUT2D eigenvalue weighted by molar-refractivity contribution is 5.87. The van der Waals surface area contributed by atoms with Crippen LogP contribution in [-0.4, -0.2) is 42.4 Å². The van der Waals surface area contributed by atoms with Crippen LogP contribution in [0.4, 0.5) is 0 Å². The van der Waals surface area contributed by atoms with Crippen LogP contribution >= 0.6 is 0 Å². The van der Waals surface area contributed by atoms with Crippen LogP contribution in [0.1, 0.15) is 46.1 Å². The molecule has 0 bridgehead atoms. The monoisotopic (exact) mass is 347 g/mol. The molecule has 1 aromatic rings. The van der Waals surface area contributed by atoms with E-state index < -0.39 is 0 Å². The summed E-state index contributed by atoms with van der Waals surface area (Å²) >= 11 is 0. The highest BCUT2D eigenvalue weighted by Gasteiger charge is 2.47. The zero-order valence-corrected chi connectivity index (χ0v) is 16.0. The summed E-state index contributed by atoms with van der Waals surface area (Å²) in [7, 11) is 3.31. The van der Waals surface area contributed by atoms with Gasteiger partial charge in [0.05, 0.1) is 14.2 Å². The van der Waals surface area contributed by atoms with Gasteiger partial charge in [-0.15, -0.1) is 0 Å². The highest BCUT2D eigenvalue weighted by atomic mass is 16.7. The number of nitrogens with zero attached hydrogens (tertiary/aromatic N) is 1. The van der Waals surface area contributed by atoms with Crippen LogP contribution in [0.15, 0.2) is 30.3 Å². The van der Waals surface area contributed by atoms with E-state index >= 15 is 0 Å². The number of piperidine rings is 1. The van der Waals surface area contributed by atoms with Crippen molar-refractivity contribution in [3.63, 3.8) is 0 Å². The van der Waals surface area contributed by atoms with Gasteiger partial charge in [-0.05, 0) is 51.5 Å². The van der Waals surface area contributed by atoms with Crippen molar-refractivity contribution in [1.29, 1.82) is 0 Å². The topological polar surface area (TPSA) is 48.0 Å². The first-order valence-corrected chi connectivity index (χ1v) is 8.55. The molecular weight excluding hydrogens is 318 g/mol. The number of carbonyl (C=O) groups is 1. The number of esters is 1. The van der Waals surface area contributed by atoms with Gasteiger partial charge in [-0.25, -0.2) is 4.79 Å². The van der Waals surface area contributed by atoms with Gasteiger partial charge in [0, 0.05) is 30.0 Å². The molecule has 1 aliphatic heterocycles. The Hall–Kier alpha value is -1.85. The molecule has 0 aromatic heterocycles. The van der Waals surface area contributed by atoms with Crippen molar-refractivity contribution in [2.24, 2.45) is 0 Å². The lowest BCUT2D eigenvalue weighted by atomic mass is 9.80. The van der Waals surface area contributed by atoms with Crippen molar-refractivity contribution in [3.8, 4) is 5.75 Å². The van der Waals surface area contributed by atoms with E-state index in [9.17, 15) is 4.79 Å². The van der Waals surface area contributed by atoms with Gasteiger partial charge in [-0.2, -0.15) is 5.06 Å². The Morgan fingerprint density at radius 1 is 1.08 bits per heavy atom. The molecule has 138 valence electrons. The molecule has 2 rings (SSSR count). The van der Waals surface area contributed by atoms with Crippen LogP contribution in [-0.2, 0) is 14.4 Å². The Morgan fingerprint density at radius 2 is 1.64 bits per heavy atom. The summed E-state index contributed by atoms with van der Waals surface area (Å²) in [6.07, 6.45) is 4.55. The van der Waals surface area contributed by atoms with Crippen LogP contribution in [0.2, 0.25) is 0 Å². The van der Waals surface area contributed by atoms with Crippen LogP contribution in [0.25, 0.3) is 6.08 Å². The first kappa shape index (κ1) is 19.5. The fourth-order valence-corrected chi connectivity index (χ4v) is 3.83. The van der Waals surface area contributed by atoms with E-state index in [1.54, 1.807) is 20.3 Å². The molecule has 0 N–H and O–H groups in total. The van der Waals surface area contributed by atoms with Crippen LogP contribution < -0.4 is 4.74 Å². The fraction of sp³-hybridized carbons (Fsp3) is 0.550. The molecule has 0 radical (unpaired) electrons. The Labute approximate surface area is 150 Å². The number of ether oxygens (including phenoxy) is 2. The van der Waals surface area contributed by atoms with Gasteiger partial charge in [0.25, 0.3) is 0 Å². The van der Waals surface area contributed by atoms with Crippen molar-refractivity contribution in [2.75, 3.05) is 14.2 Å². The van der Waals surface area contributed by atoms with E-state index in [1.165, 1.54) is 6.08 Å². The van der Waals surface area contributed by atoms with E-state index in [0.29, 0.717) is 0 Å². The predicted molar refractivity (Wildman–Crippen MR) is 98.1 cm³/mol. The molecule has 0 aliphatic carbocycles. The maximum Gasteiger partial charge on any atom is 0.331 e. The number of hydrogen-bond donors (Lipinski definition) is 0. The van der Waals surface area contributed by atoms with Crippen LogP contribution in [0, 0.1) is 0 Å². The molecule has 1 heterocycles. The SMILES string of the molecule is COc1ccc(/C=C/C(=O)OC2CC(C)(C)N(OC)C(C)(C)C2)cc1. The number of rotatable bonds is 5. The maximum absolute atomic E-state index is 12.2. The summed E-state index contributed by atoms with van der Waals surface area (Å²) in [5.41, 5.74) is 0.509. The van der Waals surface area contributed by atoms with Crippen molar-refractivity contribution in [2.45, 2.75) is 57.7 Å². The second-order valence-corrected chi connectivity index (χ2v) is 7.68. The summed E-state index contributed by atoms with van der Waals surface area (Å²) in [6.45, 7) is 8.41. The largest absolute Gasteiger partial charge is 0.497 e. The molecule has 1 aliphatic rings. The minimum absolute atomic E-state index is 0.135. The molecule has 1 saturated heterocycles. The zero-order valence-electron chi connectivity index (χ0n) is 16.0. The van der Waals surface area contributed by atoms with Crippen LogP contribution in [0.5, 0.6) is 5.75 Å². The van der Waals surface area contributed by atoms with E-state index in [1.807, 2.05) is 29.3 Å². The third kappa shape index (κ3) is 4.83. The lowest BCUT2D eigenvalue weighted by Crippen LogP contribution is -2.61. The molecule has 0 unspecified atom stereocenters. The van der Waals surface area contributed by atoms with Gasteiger partial charge < -0.3 is 14.3 Å². The van der Waals surface area contributed by atoms with Gasteiger partial charge >= 0.3 is 5.97 Å². The summed E-state index contributed by atoms with van der Waals surface area (Å²) in [5.74, 6) is 0.465. The molecule has 25 heavy (non-hydrogen) atoms. The van der Waals surface area contributed by atoms with Gasteiger partial charge in [0.1, 0.15) is 11.9 Å². The minimum atomic E-state index is -0.321. The molecule has 0 amide bonds. The average molecular weight is 347 g/mol. The molecule has 0 saturated carbocycles. The minimum Gasteiger partial charge on any atom is -0.497 e. The molecule has 0 spiro atoms. The average Bonchev–Trinajstić information content (AvgIpc) is 2.51. The third-order valence-corrected chi connectivity index (χ3v) is 4.55. The van der Waals surface area contributed by atoms with Gasteiger partial charge in [0.2, 0.25) is 0 Å². The van der Waals surface area contributed by atoms with Gasteiger partial charge in [-0.1, -0.05) is 12.1 Å². The van der Waals surface area contributed by atoms with E-state index in [2.05, 4.69) is 27.7 Å². The summed E-state index contributed by atoms with van der Waals surface area (Å²) < 4.78 is 10.8. The summed E-state index contributed by atoms with van der Waals surface area (Å²) in [4.78, 5) is 17.8. The normalized spacial score (nSPS) is 20.6. The molecule has 5 nitrogen and oxygen atoms in total. The second-order valence-electron chi connectivity index (χ2n) is 7.68. The molecule has 1 aromatic carbocycles. The van der Waals surface area contributed by atoms with Crippen molar-refractivity contribution >= 4 is 12.0 Å². The Balaban J connectivity index is 1.99. The molecule has 0 atom stereocenters. The quantitative estimate of drug-likeness (QED) is 0.598. The number of methoxy groups -OCH3 is 1. The van der Waals surface area contributed by atoms with E-state index in [4.69, 9.17) is 14.3 Å². The first-order valence-electron chi connectivity index (χ1n) is 8.55. The number of hydroxylamine groups is 2. The van der Waals surface area contributed by atoms with Gasteiger partial charge in [0.15, 0.2) is 0 Å². The van der Waals surface area contributed by atoms with Crippen molar-refractivity contribution < 1.29 is 19.1 Å². The number of benzene rings is 1. The Morgan fingerprint density at radius 3 is 2.12 bits per heavy atom. The van der Waals surface area contributed by atoms with Crippen molar-refractivity contribution in [3.05, 3.63) is 35.9 Å².